The maximum atomic E-state index is 5.79. The number of thiol groups is 1. The van der Waals surface area contributed by atoms with Gasteiger partial charge < -0.3 is 8.85 Å². The smallest absolute Gasteiger partial charge is 0.331 e. The first-order valence-electron chi connectivity index (χ1n) is 4.44. The molecule has 0 N–H and O–H groups in total. The third kappa shape index (κ3) is 6.05. The standard InChI is InChI=1S/C8H20O2SSi/c1-5-9-12(3,4)10-8(2)6-7-11/h8,11H,5-7H2,1-4H3. The van der Waals surface area contributed by atoms with E-state index in [2.05, 4.69) is 32.6 Å². The Morgan fingerprint density at radius 3 is 2.42 bits per heavy atom. The Hall–Kier alpha value is 0.487. The Labute approximate surface area is 82.3 Å². The van der Waals surface area contributed by atoms with Gasteiger partial charge in [0.15, 0.2) is 0 Å². The van der Waals surface area contributed by atoms with Crippen LogP contribution in [-0.2, 0) is 8.85 Å². The third-order valence-corrected chi connectivity index (χ3v) is 3.72. The summed E-state index contributed by atoms with van der Waals surface area (Å²) in [5, 5.41) is 0. The molecule has 0 aromatic heterocycles. The first kappa shape index (κ1) is 12.5. The highest BCUT2D eigenvalue weighted by molar-refractivity contribution is 7.80. The van der Waals surface area contributed by atoms with E-state index in [0.717, 1.165) is 18.8 Å². The second-order valence-electron chi connectivity index (χ2n) is 3.27. The van der Waals surface area contributed by atoms with Gasteiger partial charge in [-0.25, -0.2) is 0 Å². The molecule has 0 aliphatic carbocycles. The van der Waals surface area contributed by atoms with Gasteiger partial charge in [-0.1, -0.05) is 0 Å². The molecule has 0 heterocycles. The molecule has 0 aromatic carbocycles. The van der Waals surface area contributed by atoms with Crippen molar-refractivity contribution in [1.82, 2.24) is 0 Å². The molecule has 0 aliphatic heterocycles. The largest absolute Gasteiger partial charge is 0.395 e. The molecule has 1 atom stereocenters. The van der Waals surface area contributed by atoms with E-state index in [-0.39, 0.29) is 6.10 Å². The van der Waals surface area contributed by atoms with Crippen molar-refractivity contribution < 1.29 is 8.85 Å². The van der Waals surface area contributed by atoms with Gasteiger partial charge in [-0.2, -0.15) is 12.6 Å². The van der Waals surface area contributed by atoms with Crippen molar-refractivity contribution in [3.8, 4) is 0 Å². The van der Waals surface area contributed by atoms with Crippen molar-refractivity contribution in [1.29, 1.82) is 0 Å². The van der Waals surface area contributed by atoms with E-state index in [1.807, 2.05) is 6.92 Å². The summed E-state index contributed by atoms with van der Waals surface area (Å²) in [6, 6.07) is 0. The van der Waals surface area contributed by atoms with Crippen LogP contribution in [0.3, 0.4) is 0 Å². The second kappa shape index (κ2) is 6.02. The molecule has 0 aliphatic rings. The molecule has 12 heavy (non-hydrogen) atoms. The second-order valence-corrected chi connectivity index (χ2v) is 7.04. The fourth-order valence-corrected chi connectivity index (χ4v) is 3.32. The molecular formula is C8H20O2SSi. The molecule has 0 saturated carbocycles. The summed E-state index contributed by atoms with van der Waals surface area (Å²) in [5.74, 6) is 0.873. The highest BCUT2D eigenvalue weighted by atomic mass is 32.1. The summed E-state index contributed by atoms with van der Waals surface area (Å²) in [6.07, 6.45) is 1.27. The molecule has 0 bridgehead atoms. The summed E-state index contributed by atoms with van der Waals surface area (Å²) in [5.41, 5.74) is 0. The van der Waals surface area contributed by atoms with Gasteiger partial charge >= 0.3 is 8.56 Å². The molecule has 0 radical (unpaired) electrons. The number of hydrogen-bond donors (Lipinski definition) is 1. The Balaban J connectivity index is 3.70. The van der Waals surface area contributed by atoms with Gasteiger partial charge in [-0.15, -0.1) is 0 Å². The molecule has 2 nitrogen and oxygen atoms in total. The van der Waals surface area contributed by atoms with Crippen LogP contribution in [0.5, 0.6) is 0 Å². The SMILES string of the molecule is CCO[Si](C)(C)OC(C)CCS. The van der Waals surface area contributed by atoms with Crippen molar-refractivity contribution in [3.63, 3.8) is 0 Å². The normalized spacial score (nSPS) is 14.8. The zero-order valence-corrected chi connectivity index (χ0v) is 10.4. The van der Waals surface area contributed by atoms with Crippen molar-refractivity contribution >= 4 is 21.2 Å². The molecule has 0 saturated heterocycles. The average molecular weight is 208 g/mol. The van der Waals surface area contributed by atoms with E-state index in [4.69, 9.17) is 8.85 Å². The lowest BCUT2D eigenvalue weighted by Crippen LogP contribution is -2.38. The number of rotatable bonds is 6. The lowest BCUT2D eigenvalue weighted by Gasteiger charge is -2.26. The van der Waals surface area contributed by atoms with Crippen LogP contribution < -0.4 is 0 Å². The van der Waals surface area contributed by atoms with Crippen LogP contribution in [0.15, 0.2) is 0 Å². The van der Waals surface area contributed by atoms with Crippen molar-refractivity contribution in [2.75, 3.05) is 12.4 Å². The van der Waals surface area contributed by atoms with Crippen molar-refractivity contribution in [3.05, 3.63) is 0 Å². The first-order chi connectivity index (χ1) is 5.52. The predicted octanol–water partition coefficient (Wildman–Crippen LogP) is 2.45. The molecule has 0 rings (SSSR count). The van der Waals surface area contributed by atoms with Crippen LogP contribution >= 0.6 is 12.6 Å². The summed E-state index contributed by atoms with van der Waals surface area (Å²) < 4.78 is 11.3. The molecule has 0 aromatic rings. The minimum absolute atomic E-state index is 0.274. The van der Waals surface area contributed by atoms with Gasteiger partial charge in [0.05, 0.1) is 0 Å². The molecule has 74 valence electrons. The first-order valence-corrected chi connectivity index (χ1v) is 7.89. The Bertz CT molecular complexity index is 120. The summed E-state index contributed by atoms with van der Waals surface area (Å²) in [6.45, 7) is 8.97. The van der Waals surface area contributed by atoms with E-state index in [1.54, 1.807) is 0 Å². The third-order valence-electron chi connectivity index (χ3n) is 1.51. The van der Waals surface area contributed by atoms with Gasteiger partial charge in [-0.05, 0) is 39.1 Å². The molecule has 1 unspecified atom stereocenters. The van der Waals surface area contributed by atoms with Crippen LogP contribution in [0, 0.1) is 0 Å². The zero-order valence-electron chi connectivity index (χ0n) is 8.46. The van der Waals surface area contributed by atoms with Crippen molar-refractivity contribution in [2.45, 2.75) is 39.5 Å². The van der Waals surface area contributed by atoms with Crippen LogP contribution in [0.4, 0.5) is 0 Å². The van der Waals surface area contributed by atoms with E-state index in [9.17, 15) is 0 Å². The van der Waals surface area contributed by atoms with Gasteiger partial charge in [0.2, 0.25) is 0 Å². The fraction of sp³-hybridized carbons (Fsp3) is 1.00. The molecule has 4 heteroatoms. The maximum Gasteiger partial charge on any atom is 0.331 e. The predicted molar refractivity (Wildman–Crippen MR) is 58.1 cm³/mol. The van der Waals surface area contributed by atoms with Gasteiger partial charge in [-0.3, -0.25) is 0 Å². The number of hydrogen-bond acceptors (Lipinski definition) is 3. The van der Waals surface area contributed by atoms with Gasteiger partial charge in [0.1, 0.15) is 0 Å². The van der Waals surface area contributed by atoms with Crippen LogP contribution in [-0.4, -0.2) is 27.0 Å². The van der Waals surface area contributed by atoms with E-state index in [1.165, 1.54) is 0 Å². The topological polar surface area (TPSA) is 18.5 Å². The molecule has 0 fully saturated rings. The van der Waals surface area contributed by atoms with Gasteiger partial charge in [0, 0.05) is 12.7 Å². The lowest BCUT2D eigenvalue weighted by atomic mass is 10.3. The monoisotopic (exact) mass is 208 g/mol. The lowest BCUT2D eigenvalue weighted by molar-refractivity contribution is 0.134. The Kier molecular flexibility index (Phi) is 6.26. The fourth-order valence-electron chi connectivity index (χ4n) is 1.11. The summed E-state index contributed by atoms with van der Waals surface area (Å²) in [4.78, 5) is 0. The maximum absolute atomic E-state index is 5.79. The summed E-state index contributed by atoms with van der Waals surface area (Å²) in [7, 11) is -1.84. The Morgan fingerprint density at radius 1 is 1.42 bits per heavy atom. The van der Waals surface area contributed by atoms with Gasteiger partial charge in [0.25, 0.3) is 0 Å². The highest BCUT2D eigenvalue weighted by Gasteiger charge is 2.25. The molecule has 0 spiro atoms. The zero-order chi connectivity index (χ0) is 9.61. The molecule has 0 amide bonds. The van der Waals surface area contributed by atoms with Crippen molar-refractivity contribution in [2.24, 2.45) is 0 Å². The van der Waals surface area contributed by atoms with Crippen LogP contribution in [0.1, 0.15) is 20.3 Å². The molecular weight excluding hydrogens is 188 g/mol. The van der Waals surface area contributed by atoms with Crippen LogP contribution in [0.2, 0.25) is 13.1 Å². The average Bonchev–Trinajstić information content (AvgIpc) is 1.85. The van der Waals surface area contributed by atoms with Crippen LogP contribution in [0.25, 0.3) is 0 Å². The minimum Gasteiger partial charge on any atom is -0.395 e. The highest BCUT2D eigenvalue weighted by Crippen LogP contribution is 2.11. The van der Waals surface area contributed by atoms with E-state index < -0.39 is 8.56 Å². The van der Waals surface area contributed by atoms with E-state index >= 15 is 0 Å². The minimum atomic E-state index is -1.84. The summed E-state index contributed by atoms with van der Waals surface area (Å²) >= 11 is 4.16. The Morgan fingerprint density at radius 2 is 2.00 bits per heavy atom. The quantitative estimate of drug-likeness (QED) is 0.534. The van der Waals surface area contributed by atoms with E-state index in [0.29, 0.717) is 0 Å².